The number of amides is 1. The van der Waals surface area contributed by atoms with Crippen molar-refractivity contribution in [2.24, 2.45) is 0 Å². The van der Waals surface area contributed by atoms with E-state index in [1.54, 1.807) is 30.6 Å². The summed E-state index contributed by atoms with van der Waals surface area (Å²) in [4.78, 5) is 22.9. The maximum atomic E-state index is 12.8. The molecule has 3 rings (SSSR count). The van der Waals surface area contributed by atoms with Crippen LogP contribution in [-0.4, -0.2) is 41.0 Å². The van der Waals surface area contributed by atoms with Gasteiger partial charge in [-0.15, -0.1) is 0 Å². The minimum atomic E-state index is -0.0106. The Morgan fingerprint density at radius 2 is 1.89 bits per heavy atom. The lowest BCUT2D eigenvalue weighted by Gasteiger charge is -2.25. The predicted octanol–water partition coefficient (Wildman–Crippen LogP) is 3.86. The molecule has 1 atom stereocenters. The number of nitrogens with zero attached hydrogens (tertiary/aromatic N) is 3. The Morgan fingerprint density at radius 1 is 1.11 bits per heavy atom. The minimum absolute atomic E-state index is 0.0106. The number of ether oxygens (including phenoxy) is 1. The van der Waals surface area contributed by atoms with E-state index < -0.39 is 0 Å². The zero-order chi connectivity index (χ0) is 19.2. The van der Waals surface area contributed by atoms with Crippen molar-refractivity contribution < 1.29 is 9.53 Å². The highest BCUT2D eigenvalue weighted by atomic mass is 16.5. The third kappa shape index (κ3) is 4.50. The molecule has 3 aromatic rings. The van der Waals surface area contributed by atoms with Crippen LogP contribution in [0.3, 0.4) is 0 Å². The average molecular weight is 361 g/mol. The number of hydrogen-bond donors (Lipinski definition) is 0. The summed E-state index contributed by atoms with van der Waals surface area (Å²) in [5.74, 6) is 0.800. The molecule has 0 spiro atoms. The zero-order valence-corrected chi connectivity index (χ0v) is 15.8. The number of rotatable bonds is 6. The van der Waals surface area contributed by atoms with Crippen LogP contribution >= 0.6 is 0 Å². The summed E-state index contributed by atoms with van der Waals surface area (Å²) in [6.45, 7) is 2.01. The number of likely N-dealkylation sites (N-methyl/N-ethyl adjacent to an activating group) is 1. The molecule has 0 saturated carbocycles. The van der Waals surface area contributed by atoms with Crippen LogP contribution in [0.2, 0.25) is 0 Å². The second kappa shape index (κ2) is 8.45. The van der Waals surface area contributed by atoms with Crippen molar-refractivity contribution in [2.45, 2.75) is 19.4 Å². The van der Waals surface area contributed by atoms with Crippen molar-refractivity contribution in [2.75, 3.05) is 14.2 Å². The molecule has 1 aromatic heterocycles. The molecule has 0 bridgehead atoms. The van der Waals surface area contributed by atoms with Gasteiger partial charge in [-0.25, -0.2) is 0 Å². The number of aromatic nitrogens is 2. The van der Waals surface area contributed by atoms with Crippen molar-refractivity contribution in [1.29, 1.82) is 0 Å². The second-order valence-corrected chi connectivity index (χ2v) is 6.48. The van der Waals surface area contributed by atoms with Gasteiger partial charge in [0.1, 0.15) is 5.75 Å². The minimum Gasteiger partial charge on any atom is -0.497 e. The lowest BCUT2D eigenvalue weighted by Crippen LogP contribution is -2.36. The Hall–Kier alpha value is -3.21. The largest absolute Gasteiger partial charge is 0.497 e. The van der Waals surface area contributed by atoms with Crippen molar-refractivity contribution in [3.63, 3.8) is 0 Å². The first-order valence-corrected chi connectivity index (χ1v) is 8.85. The summed E-state index contributed by atoms with van der Waals surface area (Å²) in [6.07, 6.45) is 5.71. The highest BCUT2D eigenvalue weighted by molar-refractivity contribution is 5.94. The Labute approximate surface area is 159 Å². The molecule has 0 aliphatic carbocycles. The first-order chi connectivity index (χ1) is 13.1. The molecule has 0 aliphatic heterocycles. The van der Waals surface area contributed by atoms with E-state index in [0.29, 0.717) is 12.0 Å². The molecular weight excluding hydrogens is 338 g/mol. The van der Waals surface area contributed by atoms with Crippen LogP contribution in [0.5, 0.6) is 5.75 Å². The van der Waals surface area contributed by atoms with Gasteiger partial charge in [-0.3, -0.25) is 14.8 Å². The average Bonchev–Trinajstić information content (AvgIpc) is 2.73. The summed E-state index contributed by atoms with van der Waals surface area (Å²) >= 11 is 0. The molecule has 5 heteroatoms. The first-order valence-electron chi connectivity index (χ1n) is 8.85. The topological polar surface area (TPSA) is 55.3 Å². The van der Waals surface area contributed by atoms with E-state index in [1.807, 2.05) is 62.5 Å². The number of methoxy groups -OCH3 is 1. The molecule has 0 unspecified atom stereocenters. The molecule has 0 aliphatic rings. The standard InChI is InChI=1S/C22H23N3O2/c1-16(13-20-15-23-11-12-24-20)25(2)22(26)18-9-7-17(8-10-18)19-5-4-6-21(14-19)27-3/h4-12,14-16H,13H2,1-3H3/t16-/m0/s1. The van der Waals surface area contributed by atoms with E-state index in [0.717, 1.165) is 22.6 Å². The highest BCUT2D eigenvalue weighted by Crippen LogP contribution is 2.24. The highest BCUT2D eigenvalue weighted by Gasteiger charge is 2.18. The van der Waals surface area contributed by atoms with E-state index in [9.17, 15) is 4.79 Å². The van der Waals surface area contributed by atoms with Crippen LogP contribution < -0.4 is 4.74 Å². The van der Waals surface area contributed by atoms with Gasteiger partial charge < -0.3 is 9.64 Å². The molecule has 1 amide bonds. The van der Waals surface area contributed by atoms with Gasteiger partial charge in [-0.2, -0.15) is 0 Å². The van der Waals surface area contributed by atoms with Gasteiger partial charge >= 0.3 is 0 Å². The Morgan fingerprint density at radius 3 is 2.56 bits per heavy atom. The van der Waals surface area contributed by atoms with Crippen molar-refractivity contribution in [3.05, 3.63) is 78.4 Å². The third-order valence-electron chi connectivity index (χ3n) is 4.64. The predicted molar refractivity (Wildman–Crippen MR) is 106 cm³/mol. The van der Waals surface area contributed by atoms with E-state index in [2.05, 4.69) is 9.97 Å². The monoisotopic (exact) mass is 361 g/mol. The molecule has 0 fully saturated rings. The fraction of sp³-hybridized carbons (Fsp3) is 0.227. The fourth-order valence-corrected chi connectivity index (χ4v) is 2.89. The molecule has 1 heterocycles. The van der Waals surface area contributed by atoms with Crippen LogP contribution in [0, 0.1) is 0 Å². The van der Waals surface area contributed by atoms with E-state index in [1.165, 1.54) is 0 Å². The van der Waals surface area contributed by atoms with Gasteiger partial charge in [0.15, 0.2) is 0 Å². The molecule has 0 saturated heterocycles. The summed E-state index contributed by atoms with van der Waals surface area (Å²) in [7, 11) is 3.47. The zero-order valence-electron chi connectivity index (χ0n) is 15.8. The van der Waals surface area contributed by atoms with Crippen LogP contribution in [0.15, 0.2) is 67.1 Å². The van der Waals surface area contributed by atoms with E-state index >= 15 is 0 Å². The smallest absolute Gasteiger partial charge is 0.253 e. The van der Waals surface area contributed by atoms with Crippen LogP contribution in [0.1, 0.15) is 23.0 Å². The van der Waals surface area contributed by atoms with Gasteiger partial charge in [0, 0.05) is 43.7 Å². The normalized spacial score (nSPS) is 11.7. The van der Waals surface area contributed by atoms with E-state index in [-0.39, 0.29) is 11.9 Å². The Balaban J connectivity index is 1.71. The van der Waals surface area contributed by atoms with Crippen LogP contribution in [0.25, 0.3) is 11.1 Å². The molecular formula is C22H23N3O2. The number of carbonyl (C=O) groups is 1. The summed E-state index contributed by atoms with van der Waals surface area (Å²) < 4.78 is 5.27. The quantitative estimate of drug-likeness (QED) is 0.669. The van der Waals surface area contributed by atoms with Gasteiger partial charge in [0.25, 0.3) is 5.91 Å². The molecule has 0 radical (unpaired) electrons. The fourth-order valence-electron chi connectivity index (χ4n) is 2.89. The lowest BCUT2D eigenvalue weighted by molar-refractivity contribution is 0.0743. The Bertz CT molecular complexity index is 895. The maximum absolute atomic E-state index is 12.8. The summed E-state index contributed by atoms with van der Waals surface area (Å²) in [5, 5.41) is 0. The number of benzene rings is 2. The van der Waals surface area contributed by atoms with Crippen LogP contribution in [-0.2, 0) is 6.42 Å². The van der Waals surface area contributed by atoms with Crippen molar-refractivity contribution in [3.8, 4) is 16.9 Å². The van der Waals surface area contributed by atoms with Gasteiger partial charge in [-0.1, -0.05) is 24.3 Å². The molecule has 2 aromatic carbocycles. The first kappa shape index (κ1) is 18.6. The number of hydrogen-bond acceptors (Lipinski definition) is 4. The van der Waals surface area contributed by atoms with Gasteiger partial charge in [0.05, 0.1) is 12.8 Å². The summed E-state index contributed by atoms with van der Waals surface area (Å²) in [6, 6.07) is 15.5. The third-order valence-corrected chi connectivity index (χ3v) is 4.64. The van der Waals surface area contributed by atoms with Gasteiger partial charge in [-0.05, 0) is 42.3 Å². The summed E-state index contributed by atoms with van der Waals surface area (Å²) in [5.41, 5.74) is 3.63. The van der Waals surface area contributed by atoms with E-state index in [4.69, 9.17) is 4.74 Å². The maximum Gasteiger partial charge on any atom is 0.253 e. The van der Waals surface area contributed by atoms with Crippen molar-refractivity contribution in [1.82, 2.24) is 14.9 Å². The molecule has 27 heavy (non-hydrogen) atoms. The molecule has 5 nitrogen and oxygen atoms in total. The lowest BCUT2D eigenvalue weighted by atomic mass is 10.0. The second-order valence-electron chi connectivity index (χ2n) is 6.48. The van der Waals surface area contributed by atoms with Gasteiger partial charge in [0.2, 0.25) is 0 Å². The SMILES string of the molecule is COc1cccc(-c2ccc(C(=O)N(C)[C@@H](C)Cc3cnccn3)cc2)c1. The molecule has 138 valence electrons. The van der Waals surface area contributed by atoms with Crippen LogP contribution in [0.4, 0.5) is 0 Å². The number of carbonyl (C=O) groups excluding carboxylic acids is 1. The van der Waals surface area contributed by atoms with Crippen molar-refractivity contribution >= 4 is 5.91 Å². The Kier molecular flexibility index (Phi) is 5.81. The molecule has 0 N–H and O–H groups in total.